The molecule has 7 aromatic rings. The molecular weight excluding hydrogens is 472 g/mol. The van der Waals surface area contributed by atoms with Gasteiger partial charge in [-0.3, -0.25) is 0 Å². The standard InChI is InChI=1S/C37H28N2/c1-3-5-13-26(4-2)27-20-22-29(23-21-27)39-33-19-12-10-17-31(33)37-35(39)25-24-34-36(37)30-16-9-11-18-32(30)38(34)28-14-7-6-8-15-28/h3-25H,1H2,2H3/b13-5-,26-4+. The molecule has 0 radical (unpaired) electrons. The highest BCUT2D eigenvalue weighted by molar-refractivity contribution is 6.28. The van der Waals surface area contributed by atoms with E-state index in [-0.39, 0.29) is 0 Å². The summed E-state index contributed by atoms with van der Waals surface area (Å²) < 4.78 is 4.79. The molecule has 0 aliphatic heterocycles. The van der Waals surface area contributed by atoms with Crippen molar-refractivity contribution in [2.75, 3.05) is 0 Å². The number of allylic oxidation sites excluding steroid dienone is 5. The molecule has 186 valence electrons. The van der Waals surface area contributed by atoms with Crippen LogP contribution in [0.25, 0.3) is 60.6 Å². The molecule has 0 N–H and O–H groups in total. The van der Waals surface area contributed by atoms with E-state index in [0.29, 0.717) is 0 Å². The van der Waals surface area contributed by atoms with Gasteiger partial charge in [-0.15, -0.1) is 0 Å². The molecule has 0 amide bonds. The maximum absolute atomic E-state index is 3.81. The molecule has 5 aromatic carbocycles. The van der Waals surface area contributed by atoms with Crippen molar-refractivity contribution in [3.8, 4) is 11.4 Å². The van der Waals surface area contributed by atoms with Gasteiger partial charge in [0.1, 0.15) is 0 Å². The molecule has 0 aliphatic carbocycles. The number of benzene rings is 5. The van der Waals surface area contributed by atoms with Crippen LogP contribution < -0.4 is 0 Å². The van der Waals surface area contributed by atoms with Crippen molar-refractivity contribution in [1.82, 2.24) is 9.13 Å². The molecule has 0 unspecified atom stereocenters. The Morgan fingerprint density at radius 3 is 1.62 bits per heavy atom. The highest BCUT2D eigenvalue weighted by Gasteiger charge is 2.20. The molecule has 0 saturated heterocycles. The lowest BCUT2D eigenvalue weighted by atomic mass is 10.0. The quantitative estimate of drug-likeness (QED) is 0.208. The predicted molar refractivity (Wildman–Crippen MR) is 168 cm³/mol. The highest BCUT2D eigenvalue weighted by atomic mass is 15.0. The minimum absolute atomic E-state index is 1.15. The third-order valence-electron chi connectivity index (χ3n) is 7.67. The molecule has 2 aromatic heterocycles. The summed E-state index contributed by atoms with van der Waals surface area (Å²) in [6.07, 6.45) is 8.02. The van der Waals surface area contributed by atoms with Crippen molar-refractivity contribution in [2.45, 2.75) is 6.92 Å². The van der Waals surface area contributed by atoms with Crippen LogP contribution in [0.15, 0.2) is 146 Å². The maximum Gasteiger partial charge on any atom is 0.0548 e. The molecule has 2 heteroatoms. The first-order valence-corrected chi connectivity index (χ1v) is 13.4. The Labute approximate surface area is 228 Å². The fourth-order valence-electron chi connectivity index (χ4n) is 5.99. The molecule has 0 saturated carbocycles. The lowest BCUT2D eigenvalue weighted by Gasteiger charge is -2.10. The number of aromatic nitrogens is 2. The van der Waals surface area contributed by atoms with E-state index in [4.69, 9.17) is 0 Å². The molecule has 0 atom stereocenters. The van der Waals surface area contributed by atoms with Crippen LogP contribution >= 0.6 is 0 Å². The van der Waals surface area contributed by atoms with Crippen LogP contribution in [-0.2, 0) is 0 Å². The van der Waals surface area contributed by atoms with Crippen LogP contribution in [-0.4, -0.2) is 9.13 Å². The lowest BCUT2D eigenvalue weighted by Crippen LogP contribution is -1.95. The minimum atomic E-state index is 1.15. The van der Waals surface area contributed by atoms with Gasteiger partial charge in [0.2, 0.25) is 0 Å². The van der Waals surface area contributed by atoms with Crippen molar-refractivity contribution in [3.63, 3.8) is 0 Å². The van der Waals surface area contributed by atoms with Crippen LogP contribution in [0.2, 0.25) is 0 Å². The topological polar surface area (TPSA) is 9.86 Å². The smallest absolute Gasteiger partial charge is 0.0548 e. The van der Waals surface area contributed by atoms with Gasteiger partial charge in [0.25, 0.3) is 0 Å². The van der Waals surface area contributed by atoms with E-state index < -0.39 is 0 Å². The average Bonchev–Trinajstić information content (AvgIpc) is 3.51. The summed E-state index contributed by atoms with van der Waals surface area (Å²) in [5.74, 6) is 0. The van der Waals surface area contributed by atoms with Gasteiger partial charge >= 0.3 is 0 Å². The summed E-state index contributed by atoms with van der Waals surface area (Å²) in [6.45, 7) is 5.88. The van der Waals surface area contributed by atoms with E-state index in [1.54, 1.807) is 0 Å². The van der Waals surface area contributed by atoms with Crippen molar-refractivity contribution in [2.24, 2.45) is 0 Å². The van der Waals surface area contributed by atoms with Crippen LogP contribution in [0.4, 0.5) is 0 Å². The number of hydrogen-bond donors (Lipinski definition) is 0. The van der Waals surface area contributed by atoms with Gasteiger partial charge in [0.15, 0.2) is 0 Å². The SMILES string of the molecule is C=C/C=C\C(=C/C)c1ccc(-n2c3ccccc3c3c4c5ccccc5n(-c5ccccc5)c4ccc32)cc1. The first-order chi connectivity index (χ1) is 19.3. The number of fused-ring (bicyclic) bond motifs is 7. The molecule has 7 rings (SSSR count). The zero-order chi connectivity index (χ0) is 26.3. The van der Waals surface area contributed by atoms with Gasteiger partial charge in [0, 0.05) is 32.9 Å². The van der Waals surface area contributed by atoms with Gasteiger partial charge in [0.05, 0.1) is 22.1 Å². The van der Waals surface area contributed by atoms with Crippen molar-refractivity contribution in [1.29, 1.82) is 0 Å². The number of para-hydroxylation sites is 3. The first kappa shape index (κ1) is 23.1. The van der Waals surface area contributed by atoms with Crippen LogP contribution in [0, 0.1) is 0 Å². The molecule has 0 bridgehead atoms. The Hall–Kier alpha value is -5.08. The Morgan fingerprint density at radius 1 is 0.564 bits per heavy atom. The minimum Gasteiger partial charge on any atom is -0.309 e. The second-order valence-corrected chi connectivity index (χ2v) is 9.78. The fraction of sp³-hybridized carbons (Fsp3) is 0.0270. The summed E-state index contributed by atoms with van der Waals surface area (Å²) >= 11 is 0. The summed E-state index contributed by atoms with van der Waals surface area (Å²) in [5, 5.41) is 5.12. The summed E-state index contributed by atoms with van der Waals surface area (Å²) in [5.41, 5.74) is 9.56. The van der Waals surface area contributed by atoms with Crippen molar-refractivity contribution >= 4 is 49.2 Å². The molecule has 0 spiro atoms. The maximum atomic E-state index is 3.81. The average molecular weight is 501 g/mol. The second kappa shape index (κ2) is 9.34. The Kier molecular flexibility index (Phi) is 5.53. The van der Waals surface area contributed by atoms with E-state index in [1.807, 2.05) is 12.2 Å². The summed E-state index contributed by atoms with van der Waals surface area (Å²) in [4.78, 5) is 0. The zero-order valence-corrected chi connectivity index (χ0v) is 21.9. The Morgan fingerprint density at radius 2 is 1.08 bits per heavy atom. The highest BCUT2D eigenvalue weighted by Crippen LogP contribution is 2.42. The molecule has 39 heavy (non-hydrogen) atoms. The normalized spacial score (nSPS) is 12.4. The van der Waals surface area contributed by atoms with E-state index in [9.17, 15) is 0 Å². The number of rotatable bonds is 5. The largest absolute Gasteiger partial charge is 0.309 e. The first-order valence-electron chi connectivity index (χ1n) is 13.4. The molecule has 0 fully saturated rings. The molecule has 0 aliphatic rings. The molecule has 2 nitrogen and oxygen atoms in total. The van der Waals surface area contributed by atoms with Gasteiger partial charge in [-0.25, -0.2) is 0 Å². The summed E-state index contributed by atoms with van der Waals surface area (Å²) in [6, 6.07) is 41.6. The van der Waals surface area contributed by atoms with E-state index in [2.05, 4.69) is 150 Å². The molecule has 2 heterocycles. The summed E-state index contributed by atoms with van der Waals surface area (Å²) in [7, 11) is 0. The lowest BCUT2D eigenvalue weighted by molar-refractivity contribution is 1.17. The van der Waals surface area contributed by atoms with Crippen LogP contribution in [0.5, 0.6) is 0 Å². The Balaban J connectivity index is 1.54. The second-order valence-electron chi connectivity index (χ2n) is 9.78. The van der Waals surface area contributed by atoms with Gasteiger partial charge in [-0.2, -0.15) is 0 Å². The van der Waals surface area contributed by atoms with E-state index >= 15 is 0 Å². The van der Waals surface area contributed by atoms with Gasteiger partial charge in [-0.05, 0) is 66.6 Å². The van der Waals surface area contributed by atoms with Gasteiger partial charge < -0.3 is 9.13 Å². The van der Waals surface area contributed by atoms with Crippen LogP contribution in [0.1, 0.15) is 12.5 Å². The van der Waals surface area contributed by atoms with Crippen LogP contribution in [0.3, 0.4) is 0 Å². The van der Waals surface area contributed by atoms with E-state index in [1.165, 1.54) is 60.4 Å². The van der Waals surface area contributed by atoms with Crippen molar-refractivity contribution in [3.05, 3.63) is 152 Å². The monoisotopic (exact) mass is 500 g/mol. The fourth-order valence-corrected chi connectivity index (χ4v) is 5.99. The Bertz CT molecular complexity index is 2060. The van der Waals surface area contributed by atoms with E-state index in [0.717, 1.165) is 5.69 Å². The third-order valence-corrected chi connectivity index (χ3v) is 7.67. The number of nitrogens with zero attached hydrogens (tertiary/aromatic N) is 2. The van der Waals surface area contributed by atoms with Crippen molar-refractivity contribution < 1.29 is 0 Å². The predicted octanol–water partition coefficient (Wildman–Crippen LogP) is 10.0. The number of hydrogen-bond acceptors (Lipinski definition) is 0. The van der Waals surface area contributed by atoms with Gasteiger partial charge in [-0.1, -0.05) is 97.6 Å². The molecular formula is C37H28N2. The third kappa shape index (κ3) is 3.57. The zero-order valence-electron chi connectivity index (χ0n) is 21.9.